The first-order valence-corrected chi connectivity index (χ1v) is 10.6. The molecule has 2 heteroatoms. The van der Waals surface area contributed by atoms with Crippen molar-refractivity contribution in [1.82, 2.24) is 0 Å². The third-order valence-corrected chi connectivity index (χ3v) is 5.73. The summed E-state index contributed by atoms with van der Waals surface area (Å²) in [5.74, 6) is 0.531. The van der Waals surface area contributed by atoms with Gasteiger partial charge in [-0.25, -0.2) is 4.39 Å². The summed E-state index contributed by atoms with van der Waals surface area (Å²) < 4.78 is 13.3. The molecule has 3 unspecified atom stereocenters. The van der Waals surface area contributed by atoms with Gasteiger partial charge in [-0.05, 0) is 65.6 Å². The van der Waals surface area contributed by atoms with Crippen molar-refractivity contribution >= 4 is 5.71 Å². The van der Waals surface area contributed by atoms with Crippen LogP contribution in [0, 0.1) is 18.7 Å². The van der Waals surface area contributed by atoms with Gasteiger partial charge in [-0.15, -0.1) is 0 Å². The number of aryl methyl sites for hydroxylation is 1. The molecule has 0 radical (unpaired) electrons. The molecule has 4 rings (SSSR count). The van der Waals surface area contributed by atoms with E-state index >= 15 is 0 Å². The van der Waals surface area contributed by atoms with Crippen molar-refractivity contribution in [3.63, 3.8) is 0 Å². The molecule has 1 heterocycles. The van der Waals surface area contributed by atoms with Crippen molar-refractivity contribution in [2.24, 2.45) is 10.9 Å². The second kappa shape index (κ2) is 9.32. The molecule has 3 atom stereocenters. The number of rotatable bonds is 3. The van der Waals surface area contributed by atoms with Gasteiger partial charge in [0.05, 0.1) is 11.8 Å². The Morgan fingerprint density at radius 3 is 2.29 bits per heavy atom. The Labute approximate surface area is 170 Å². The second-order valence-corrected chi connectivity index (χ2v) is 7.39. The summed E-state index contributed by atoms with van der Waals surface area (Å²) in [6.45, 7) is 14.6. The zero-order valence-corrected chi connectivity index (χ0v) is 18.4. The predicted molar refractivity (Wildman–Crippen MR) is 120 cm³/mol. The average molecular weight is 380 g/mol. The van der Waals surface area contributed by atoms with Crippen LogP contribution in [0.1, 0.15) is 76.3 Å². The van der Waals surface area contributed by atoms with E-state index in [0.29, 0.717) is 0 Å². The van der Waals surface area contributed by atoms with Crippen molar-refractivity contribution in [2.75, 3.05) is 0 Å². The molecule has 0 aromatic heterocycles. The zero-order valence-electron chi connectivity index (χ0n) is 18.4. The third-order valence-electron chi connectivity index (χ3n) is 5.73. The Morgan fingerprint density at radius 1 is 1.04 bits per heavy atom. The molecule has 0 amide bonds. The van der Waals surface area contributed by atoms with E-state index in [1.807, 2.05) is 40.7 Å². The fraction of sp³-hybridized carbons (Fsp3) is 0.423. The molecule has 1 fully saturated rings. The zero-order chi connectivity index (χ0) is 20.9. The number of aliphatic imine (C=N–C) groups is 1. The van der Waals surface area contributed by atoms with Crippen LogP contribution < -0.4 is 0 Å². The highest BCUT2D eigenvalue weighted by Gasteiger charge is 2.49. The Morgan fingerprint density at radius 2 is 1.68 bits per heavy atom. The SMILES string of the molecule is CC.CC.Cc1cc(F)ccc1C1=NC(c2ccccc2C2(C)CC2C)C=C1. The van der Waals surface area contributed by atoms with Crippen LogP contribution >= 0.6 is 0 Å². The number of allylic oxidation sites excluding steroid dienone is 1. The van der Waals surface area contributed by atoms with Gasteiger partial charge in [-0.1, -0.05) is 71.9 Å². The highest BCUT2D eigenvalue weighted by Crippen LogP contribution is 2.55. The van der Waals surface area contributed by atoms with E-state index in [1.54, 1.807) is 6.07 Å². The second-order valence-electron chi connectivity index (χ2n) is 7.39. The Bertz CT molecular complexity index is 864. The molecular formula is C26H34FN. The largest absolute Gasteiger partial charge is 0.272 e. The normalized spacial score (nSPS) is 24.5. The molecule has 1 nitrogen and oxygen atoms in total. The van der Waals surface area contributed by atoms with Gasteiger partial charge in [0, 0.05) is 5.56 Å². The van der Waals surface area contributed by atoms with Gasteiger partial charge in [0.2, 0.25) is 0 Å². The molecule has 150 valence electrons. The van der Waals surface area contributed by atoms with Crippen molar-refractivity contribution in [2.45, 2.75) is 66.3 Å². The van der Waals surface area contributed by atoms with Gasteiger partial charge in [-0.2, -0.15) is 0 Å². The Hall–Kier alpha value is -2.22. The van der Waals surface area contributed by atoms with E-state index in [4.69, 9.17) is 4.99 Å². The minimum atomic E-state index is -0.198. The molecule has 0 saturated heterocycles. The van der Waals surface area contributed by atoms with Crippen LogP contribution in [0.5, 0.6) is 0 Å². The maximum absolute atomic E-state index is 13.3. The standard InChI is InChI=1S/C22H22FN.2C2H6/c1-14-12-16(23)8-9-17(14)20-10-11-21(24-20)18-6-4-5-7-19(18)22(3)13-15(22)2;2*1-2/h4-12,15,21H,13H2,1-3H3;2*1-2H3. The summed E-state index contributed by atoms with van der Waals surface area (Å²) in [5, 5.41) is 0. The molecular weight excluding hydrogens is 345 g/mol. The van der Waals surface area contributed by atoms with Crippen LogP contribution in [0.25, 0.3) is 0 Å². The lowest BCUT2D eigenvalue weighted by molar-refractivity contribution is 0.626. The molecule has 2 aromatic rings. The fourth-order valence-corrected chi connectivity index (χ4v) is 3.89. The van der Waals surface area contributed by atoms with Crippen LogP contribution in [0.3, 0.4) is 0 Å². The highest BCUT2D eigenvalue weighted by atomic mass is 19.1. The molecule has 1 saturated carbocycles. The van der Waals surface area contributed by atoms with Crippen LogP contribution in [0.4, 0.5) is 4.39 Å². The van der Waals surface area contributed by atoms with Gasteiger partial charge < -0.3 is 0 Å². The average Bonchev–Trinajstić information content (AvgIpc) is 3.10. The summed E-state index contributed by atoms with van der Waals surface area (Å²) in [6, 6.07) is 13.6. The Kier molecular flexibility index (Phi) is 7.35. The fourth-order valence-electron chi connectivity index (χ4n) is 3.89. The van der Waals surface area contributed by atoms with Crippen LogP contribution in [-0.4, -0.2) is 5.71 Å². The first-order chi connectivity index (χ1) is 13.5. The van der Waals surface area contributed by atoms with Crippen molar-refractivity contribution < 1.29 is 4.39 Å². The molecule has 0 N–H and O–H groups in total. The highest BCUT2D eigenvalue weighted by molar-refractivity contribution is 6.11. The molecule has 2 aliphatic rings. The predicted octanol–water partition coefficient (Wildman–Crippen LogP) is 7.58. The van der Waals surface area contributed by atoms with E-state index < -0.39 is 0 Å². The van der Waals surface area contributed by atoms with E-state index in [2.05, 4.69) is 50.3 Å². The summed E-state index contributed by atoms with van der Waals surface area (Å²) >= 11 is 0. The summed E-state index contributed by atoms with van der Waals surface area (Å²) in [5.41, 5.74) is 5.90. The number of hydrogen-bond acceptors (Lipinski definition) is 1. The van der Waals surface area contributed by atoms with Gasteiger partial charge in [0.25, 0.3) is 0 Å². The van der Waals surface area contributed by atoms with Gasteiger partial charge in [0.1, 0.15) is 5.82 Å². The van der Waals surface area contributed by atoms with E-state index in [0.717, 1.165) is 22.8 Å². The number of halogens is 1. The lowest BCUT2D eigenvalue weighted by Gasteiger charge is -2.18. The number of benzene rings is 2. The quantitative estimate of drug-likeness (QED) is 0.521. The van der Waals surface area contributed by atoms with Gasteiger partial charge in [0.15, 0.2) is 0 Å². The van der Waals surface area contributed by atoms with Crippen LogP contribution in [0.15, 0.2) is 59.6 Å². The summed E-state index contributed by atoms with van der Waals surface area (Å²) in [4.78, 5) is 4.93. The van der Waals surface area contributed by atoms with Gasteiger partial charge >= 0.3 is 0 Å². The van der Waals surface area contributed by atoms with Crippen LogP contribution in [0.2, 0.25) is 0 Å². The monoisotopic (exact) mass is 379 g/mol. The van der Waals surface area contributed by atoms with Crippen molar-refractivity contribution in [3.05, 3.63) is 82.7 Å². The minimum absolute atomic E-state index is 0.0604. The number of nitrogens with zero attached hydrogens (tertiary/aromatic N) is 1. The van der Waals surface area contributed by atoms with Crippen molar-refractivity contribution in [1.29, 1.82) is 0 Å². The Balaban J connectivity index is 0.000000660. The first-order valence-electron chi connectivity index (χ1n) is 10.6. The maximum Gasteiger partial charge on any atom is 0.123 e. The first kappa shape index (κ1) is 22.1. The third kappa shape index (κ3) is 4.27. The molecule has 1 aliphatic heterocycles. The summed E-state index contributed by atoms with van der Waals surface area (Å²) in [6.07, 6.45) is 5.47. The van der Waals surface area contributed by atoms with E-state index in [9.17, 15) is 4.39 Å². The van der Waals surface area contributed by atoms with Gasteiger partial charge in [-0.3, -0.25) is 4.99 Å². The lowest BCUT2D eigenvalue weighted by Crippen LogP contribution is -2.09. The lowest BCUT2D eigenvalue weighted by atomic mass is 9.88. The topological polar surface area (TPSA) is 12.4 Å². The molecule has 0 bridgehead atoms. The molecule has 28 heavy (non-hydrogen) atoms. The van der Waals surface area contributed by atoms with Crippen molar-refractivity contribution in [3.8, 4) is 0 Å². The maximum atomic E-state index is 13.3. The summed E-state index contributed by atoms with van der Waals surface area (Å²) in [7, 11) is 0. The number of hydrogen-bond donors (Lipinski definition) is 0. The van der Waals surface area contributed by atoms with Crippen LogP contribution in [-0.2, 0) is 5.41 Å². The molecule has 1 aliphatic carbocycles. The minimum Gasteiger partial charge on any atom is -0.272 e. The smallest absolute Gasteiger partial charge is 0.123 e. The molecule has 0 spiro atoms. The van der Waals surface area contributed by atoms with E-state index in [-0.39, 0.29) is 17.3 Å². The molecule has 2 aromatic carbocycles. The van der Waals surface area contributed by atoms with E-state index in [1.165, 1.54) is 23.6 Å².